The molecule has 4 aromatic carbocycles. The molecule has 0 fully saturated rings. The molecule has 5 rings (SSSR count). The fourth-order valence-electron chi connectivity index (χ4n) is 4.28. The Morgan fingerprint density at radius 3 is 2.41 bits per heavy atom. The molecule has 0 saturated heterocycles. The standard InChI is InChI=1S/C32H26O3S2/c1-22-19-26(15-16-30(22)35-20-32(33)34)36-18-17-27(29-21-37-31-10-6-5-9-28(29)31)25-13-11-24(12-14-25)23-7-3-2-4-8-23/h2-17,19,21H,18,20H2,1H3,(H,33,34)/b27-17+. The van der Waals surface area contributed by atoms with E-state index in [-0.39, 0.29) is 6.61 Å². The van der Waals surface area contributed by atoms with Gasteiger partial charge in [0.05, 0.1) is 0 Å². The fraction of sp³-hybridized carbons (Fsp3) is 0.0938. The van der Waals surface area contributed by atoms with Crippen molar-refractivity contribution in [2.45, 2.75) is 11.8 Å². The molecule has 0 unspecified atom stereocenters. The van der Waals surface area contributed by atoms with Crippen LogP contribution in [0.3, 0.4) is 0 Å². The van der Waals surface area contributed by atoms with Gasteiger partial charge < -0.3 is 9.84 Å². The molecular weight excluding hydrogens is 496 g/mol. The van der Waals surface area contributed by atoms with Gasteiger partial charge in [0.2, 0.25) is 0 Å². The van der Waals surface area contributed by atoms with Gasteiger partial charge in [0.15, 0.2) is 6.61 Å². The third-order valence-corrected chi connectivity index (χ3v) is 7.99. The molecule has 0 aliphatic heterocycles. The third-order valence-electron chi connectivity index (χ3n) is 6.11. The average Bonchev–Trinajstić information content (AvgIpc) is 3.35. The van der Waals surface area contributed by atoms with Gasteiger partial charge in [-0.15, -0.1) is 23.1 Å². The predicted octanol–water partition coefficient (Wildman–Crippen LogP) is 8.56. The molecule has 0 amide bonds. The molecule has 184 valence electrons. The Bertz CT molecular complexity index is 1550. The molecule has 0 saturated carbocycles. The molecular formula is C32H26O3S2. The molecule has 5 heteroatoms. The lowest BCUT2D eigenvalue weighted by atomic mass is 9.95. The van der Waals surface area contributed by atoms with Gasteiger partial charge in [-0.1, -0.05) is 78.9 Å². The van der Waals surface area contributed by atoms with E-state index in [0.29, 0.717) is 5.75 Å². The van der Waals surface area contributed by atoms with E-state index >= 15 is 0 Å². The van der Waals surface area contributed by atoms with Crippen molar-refractivity contribution in [2.75, 3.05) is 12.4 Å². The molecule has 5 aromatic rings. The Balaban J connectivity index is 1.42. The molecule has 1 aromatic heterocycles. The minimum absolute atomic E-state index is 0.336. The average molecular weight is 523 g/mol. The summed E-state index contributed by atoms with van der Waals surface area (Å²) < 4.78 is 6.65. The summed E-state index contributed by atoms with van der Waals surface area (Å²) in [5, 5.41) is 12.4. The quantitative estimate of drug-likeness (QED) is 0.197. The first-order chi connectivity index (χ1) is 18.1. The zero-order valence-corrected chi connectivity index (χ0v) is 22.0. The molecule has 0 bridgehead atoms. The van der Waals surface area contributed by atoms with Gasteiger partial charge in [-0.05, 0) is 64.4 Å². The van der Waals surface area contributed by atoms with Crippen molar-refractivity contribution in [2.24, 2.45) is 0 Å². The zero-order chi connectivity index (χ0) is 25.6. The zero-order valence-electron chi connectivity index (χ0n) is 20.4. The number of hydrogen-bond acceptors (Lipinski definition) is 4. The van der Waals surface area contributed by atoms with Crippen LogP contribution < -0.4 is 4.74 Å². The van der Waals surface area contributed by atoms with Crippen molar-refractivity contribution in [3.63, 3.8) is 0 Å². The molecule has 37 heavy (non-hydrogen) atoms. The summed E-state index contributed by atoms with van der Waals surface area (Å²) in [6, 6.07) is 33.7. The van der Waals surface area contributed by atoms with E-state index in [1.165, 1.54) is 37.9 Å². The van der Waals surface area contributed by atoms with Gasteiger partial charge in [0, 0.05) is 26.3 Å². The topological polar surface area (TPSA) is 46.5 Å². The molecule has 0 radical (unpaired) electrons. The number of carboxylic acids is 1. The van der Waals surface area contributed by atoms with E-state index in [2.05, 4.69) is 84.3 Å². The maximum atomic E-state index is 10.8. The number of benzene rings is 4. The normalized spacial score (nSPS) is 11.5. The highest BCUT2D eigenvalue weighted by molar-refractivity contribution is 7.99. The van der Waals surface area contributed by atoms with E-state index in [4.69, 9.17) is 9.84 Å². The Morgan fingerprint density at radius 1 is 0.919 bits per heavy atom. The van der Waals surface area contributed by atoms with Gasteiger partial charge in [-0.2, -0.15) is 0 Å². The van der Waals surface area contributed by atoms with E-state index in [9.17, 15) is 4.79 Å². The van der Waals surface area contributed by atoms with Crippen LogP contribution in [-0.4, -0.2) is 23.4 Å². The first kappa shape index (κ1) is 24.9. The maximum Gasteiger partial charge on any atom is 0.341 e. The number of fused-ring (bicyclic) bond motifs is 1. The van der Waals surface area contributed by atoms with Gasteiger partial charge in [0.1, 0.15) is 5.75 Å². The first-order valence-corrected chi connectivity index (χ1v) is 13.9. The number of ether oxygens (including phenoxy) is 1. The second kappa shape index (κ2) is 11.5. The number of carboxylic acid groups (broad SMARTS) is 1. The highest BCUT2D eigenvalue weighted by Gasteiger charge is 2.12. The molecule has 0 spiro atoms. The Hall–Kier alpha value is -3.80. The Labute approximate surface area is 225 Å². The number of thiophene rings is 1. The van der Waals surface area contributed by atoms with Crippen molar-refractivity contribution < 1.29 is 14.6 Å². The summed E-state index contributed by atoms with van der Waals surface area (Å²) in [4.78, 5) is 11.9. The fourth-order valence-corrected chi connectivity index (χ4v) is 6.10. The summed E-state index contributed by atoms with van der Waals surface area (Å²) in [6.45, 7) is 1.60. The van der Waals surface area contributed by atoms with Crippen LogP contribution in [0.15, 0.2) is 113 Å². The number of carbonyl (C=O) groups is 1. The summed E-state index contributed by atoms with van der Waals surface area (Å²) in [5.74, 6) is 0.425. The van der Waals surface area contributed by atoms with Crippen molar-refractivity contribution in [3.05, 3.63) is 125 Å². The molecule has 0 aliphatic rings. The van der Waals surface area contributed by atoms with E-state index in [0.717, 1.165) is 16.2 Å². The van der Waals surface area contributed by atoms with Gasteiger partial charge in [0.25, 0.3) is 0 Å². The van der Waals surface area contributed by atoms with Crippen LogP contribution in [0.5, 0.6) is 5.75 Å². The summed E-state index contributed by atoms with van der Waals surface area (Å²) in [5.41, 5.74) is 7.01. The van der Waals surface area contributed by atoms with Crippen molar-refractivity contribution in [3.8, 4) is 16.9 Å². The lowest BCUT2D eigenvalue weighted by Gasteiger charge is -2.11. The maximum absolute atomic E-state index is 10.8. The number of aliphatic carboxylic acids is 1. The van der Waals surface area contributed by atoms with Crippen molar-refractivity contribution in [1.82, 2.24) is 0 Å². The van der Waals surface area contributed by atoms with Crippen LogP contribution in [0.2, 0.25) is 0 Å². The summed E-state index contributed by atoms with van der Waals surface area (Å²) in [7, 11) is 0. The predicted molar refractivity (Wildman–Crippen MR) is 156 cm³/mol. The van der Waals surface area contributed by atoms with Crippen LogP contribution in [0.4, 0.5) is 0 Å². The largest absolute Gasteiger partial charge is 0.482 e. The lowest BCUT2D eigenvalue weighted by Crippen LogP contribution is -2.09. The number of thioether (sulfide) groups is 1. The highest BCUT2D eigenvalue weighted by Crippen LogP contribution is 2.36. The van der Waals surface area contributed by atoms with Gasteiger partial charge in [-0.25, -0.2) is 4.79 Å². The van der Waals surface area contributed by atoms with E-state index in [1.807, 2.05) is 31.2 Å². The second-order valence-corrected chi connectivity index (χ2v) is 10.6. The van der Waals surface area contributed by atoms with Crippen LogP contribution in [0.25, 0.3) is 26.8 Å². The van der Waals surface area contributed by atoms with Crippen LogP contribution in [0, 0.1) is 6.92 Å². The second-order valence-electron chi connectivity index (χ2n) is 8.63. The lowest BCUT2D eigenvalue weighted by molar-refractivity contribution is -0.139. The van der Waals surface area contributed by atoms with E-state index < -0.39 is 5.97 Å². The highest BCUT2D eigenvalue weighted by atomic mass is 32.2. The summed E-state index contributed by atoms with van der Waals surface area (Å²) in [6.07, 6.45) is 2.31. The van der Waals surface area contributed by atoms with Crippen LogP contribution >= 0.6 is 23.1 Å². The Kier molecular flexibility index (Phi) is 7.73. The van der Waals surface area contributed by atoms with Crippen molar-refractivity contribution in [1.29, 1.82) is 0 Å². The molecule has 3 nitrogen and oxygen atoms in total. The smallest absolute Gasteiger partial charge is 0.341 e. The van der Waals surface area contributed by atoms with Gasteiger partial charge >= 0.3 is 5.97 Å². The minimum atomic E-state index is -0.978. The number of hydrogen-bond donors (Lipinski definition) is 1. The van der Waals surface area contributed by atoms with Crippen LogP contribution in [-0.2, 0) is 4.79 Å². The van der Waals surface area contributed by atoms with Crippen molar-refractivity contribution >= 4 is 44.7 Å². The number of aryl methyl sites for hydroxylation is 1. The molecule has 0 atom stereocenters. The van der Waals surface area contributed by atoms with E-state index in [1.54, 1.807) is 23.1 Å². The monoisotopic (exact) mass is 522 g/mol. The molecule has 0 aliphatic carbocycles. The van der Waals surface area contributed by atoms with Gasteiger partial charge in [-0.3, -0.25) is 0 Å². The molecule has 1 N–H and O–H groups in total. The third kappa shape index (κ3) is 5.96. The minimum Gasteiger partial charge on any atom is -0.482 e. The van der Waals surface area contributed by atoms with Crippen LogP contribution in [0.1, 0.15) is 16.7 Å². The SMILES string of the molecule is Cc1cc(SC/C=C(\c2ccc(-c3ccccc3)cc2)c2csc3ccccc23)ccc1OCC(=O)O. The summed E-state index contributed by atoms with van der Waals surface area (Å²) >= 11 is 3.52. The number of rotatable bonds is 9. The molecule has 1 heterocycles. The Morgan fingerprint density at radius 2 is 1.65 bits per heavy atom. The first-order valence-electron chi connectivity index (χ1n) is 12.0.